The summed E-state index contributed by atoms with van der Waals surface area (Å²) in [5.74, 6) is 0. The molecule has 0 heteroatoms. The Hall–Kier alpha value is -5.20. The first-order valence-corrected chi connectivity index (χ1v) is 13.8. The molecule has 0 amide bonds. The summed E-state index contributed by atoms with van der Waals surface area (Å²) in [7, 11) is 0. The van der Waals surface area contributed by atoms with Gasteiger partial charge in [0.25, 0.3) is 0 Å². The van der Waals surface area contributed by atoms with Crippen LogP contribution in [0, 0.1) is 0 Å². The normalized spacial score (nSPS) is 11.8. The fourth-order valence-corrected chi connectivity index (χ4v) is 6.39. The number of hydrogen-bond donors (Lipinski definition) is 0. The van der Waals surface area contributed by atoms with E-state index < -0.39 is 0 Å². The van der Waals surface area contributed by atoms with Crippen LogP contribution in [-0.2, 0) is 0 Å². The Morgan fingerprint density at radius 2 is 0.875 bits per heavy atom. The number of rotatable bonds is 3. The minimum Gasteiger partial charge on any atom is -0.0622 e. The van der Waals surface area contributed by atoms with Gasteiger partial charge in [-0.1, -0.05) is 152 Å². The summed E-state index contributed by atoms with van der Waals surface area (Å²) in [5, 5.41) is 9.73. The standard InChI is InChI=1S/C40H26/c1-2-13-28(14-3-1)39-35-16-6-8-18-37(35)40(38-19-9-7-17-36(38)39)34-23-11-21-32-31(20-10-22-33(32)34)30-25-24-27-12-4-5-15-29(27)26-30/h1-26H/i13D. The van der Waals surface area contributed by atoms with Gasteiger partial charge in [-0.05, 0) is 82.5 Å². The molecule has 8 rings (SSSR count). The zero-order valence-corrected chi connectivity index (χ0v) is 21.9. The van der Waals surface area contributed by atoms with E-state index in [9.17, 15) is 0 Å². The largest absolute Gasteiger partial charge is 0.0629 e. The van der Waals surface area contributed by atoms with Crippen LogP contribution in [0.15, 0.2) is 158 Å². The van der Waals surface area contributed by atoms with Crippen molar-refractivity contribution in [2.75, 3.05) is 0 Å². The maximum Gasteiger partial charge on any atom is 0.0629 e. The Labute approximate surface area is 235 Å². The van der Waals surface area contributed by atoms with E-state index in [0.717, 1.165) is 11.1 Å². The van der Waals surface area contributed by atoms with Crippen LogP contribution in [0.4, 0.5) is 0 Å². The average molecular weight is 508 g/mol. The molecule has 0 N–H and O–H groups in total. The van der Waals surface area contributed by atoms with Gasteiger partial charge in [-0.25, -0.2) is 0 Å². The SMILES string of the molecule is [2H]c1ccccc1-c1c2ccccc2c(-c2cccc3c(-c4ccc5ccccc5c4)cccc23)c2ccccc12. The Bertz CT molecular complexity index is 2220. The molecule has 0 unspecified atom stereocenters. The molecule has 0 saturated carbocycles. The van der Waals surface area contributed by atoms with Gasteiger partial charge in [0.15, 0.2) is 0 Å². The van der Waals surface area contributed by atoms with E-state index in [1.54, 1.807) is 0 Å². The minimum atomic E-state index is 0.542. The summed E-state index contributed by atoms with van der Waals surface area (Å²) >= 11 is 0. The highest BCUT2D eigenvalue weighted by Crippen LogP contribution is 2.46. The maximum atomic E-state index is 8.74. The van der Waals surface area contributed by atoms with Gasteiger partial charge in [-0.15, -0.1) is 0 Å². The molecule has 0 aromatic heterocycles. The highest BCUT2D eigenvalue weighted by Gasteiger charge is 2.18. The lowest BCUT2D eigenvalue weighted by atomic mass is 9.84. The van der Waals surface area contributed by atoms with Crippen molar-refractivity contribution in [2.24, 2.45) is 0 Å². The molecule has 0 fully saturated rings. The van der Waals surface area contributed by atoms with E-state index in [2.05, 4.69) is 133 Å². The molecule has 0 aliphatic heterocycles. The Kier molecular flexibility index (Phi) is 5.00. The zero-order chi connectivity index (χ0) is 27.3. The first-order valence-electron chi connectivity index (χ1n) is 14.3. The van der Waals surface area contributed by atoms with E-state index in [-0.39, 0.29) is 0 Å². The fourth-order valence-electron chi connectivity index (χ4n) is 6.39. The van der Waals surface area contributed by atoms with Crippen LogP contribution in [0.2, 0.25) is 0 Å². The Balaban J connectivity index is 1.46. The van der Waals surface area contributed by atoms with Gasteiger partial charge in [0.2, 0.25) is 0 Å². The summed E-state index contributed by atoms with van der Waals surface area (Å²) in [5.41, 5.74) is 7.02. The van der Waals surface area contributed by atoms with Crippen LogP contribution >= 0.6 is 0 Å². The molecular formula is C40H26. The van der Waals surface area contributed by atoms with Gasteiger partial charge in [-0.2, -0.15) is 0 Å². The highest BCUT2D eigenvalue weighted by molar-refractivity contribution is 6.24. The van der Waals surface area contributed by atoms with Crippen LogP contribution in [0.5, 0.6) is 0 Å². The number of benzene rings is 8. The molecule has 40 heavy (non-hydrogen) atoms. The fraction of sp³-hybridized carbons (Fsp3) is 0. The van der Waals surface area contributed by atoms with E-state index >= 15 is 0 Å². The Morgan fingerprint density at radius 1 is 0.325 bits per heavy atom. The van der Waals surface area contributed by atoms with Crippen molar-refractivity contribution < 1.29 is 1.37 Å². The summed E-state index contributed by atoms with van der Waals surface area (Å²) in [6.07, 6.45) is 0. The molecule has 8 aromatic carbocycles. The molecule has 0 atom stereocenters. The first kappa shape index (κ1) is 21.7. The van der Waals surface area contributed by atoms with Crippen molar-refractivity contribution in [2.45, 2.75) is 0 Å². The quantitative estimate of drug-likeness (QED) is 0.209. The van der Waals surface area contributed by atoms with E-state index in [4.69, 9.17) is 1.37 Å². The van der Waals surface area contributed by atoms with Crippen molar-refractivity contribution in [3.8, 4) is 33.4 Å². The van der Waals surface area contributed by atoms with Gasteiger partial charge in [-0.3, -0.25) is 0 Å². The molecule has 0 heterocycles. The predicted octanol–water partition coefficient (Wildman–Crippen LogP) is 11.3. The van der Waals surface area contributed by atoms with Crippen LogP contribution in [-0.4, -0.2) is 0 Å². The molecule has 0 aliphatic carbocycles. The van der Waals surface area contributed by atoms with Crippen molar-refractivity contribution in [1.29, 1.82) is 0 Å². The van der Waals surface area contributed by atoms with E-state index in [1.807, 2.05) is 18.2 Å². The molecular weight excluding hydrogens is 480 g/mol. The summed E-state index contributed by atoms with van der Waals surface area (Å²) in [6, 6.07) is 54.5. The predicted molar refractivity (Wildman–Crippen MR) is 173 cm³/mol. The lowest BCUT2D eigenvalue weighted by molar-refractivity contribution is 1.65. The van der Waals surface area contributed by atoms with E-state index in [1.165, 1.54) is 65.3 Å². The third-order valence-corrected chi connectivity index (χ3v) is 8.16. The second-order valence-electron chi connectivity index (χ2n) is 10.4. The van der Waals surface area contributed by atoms with E-state index in [0.29, 0.717) is 6.04 Å². The lowest BCUT2D eigenvalue weighted by Gasteiger charge is -2.19. The first-order chi connectivity index (χ1) is 20.3. The summed E-state index contributed by atoms with van der Waals surface area (Å²) in [4.78, 5) is 0. The third kappa shape index (κ3) is 3.54. The molecule has 0 nitrogen and oxygen atoms in total. The number of fused-ring (bicyclic) bond motifs is 4. The van der Waals surface area contributed by atoms with Crippen LogP contribution in [0.1, 0.15) is 1.37 Å². The number of hydrogen-bond acceptors (Lipinski definition) is 0. The molecule has 0 spiro atoms. The van der Waals surface area contributed by atoms with Crippen molar-refractivity contribution in [3.63, 3.8) is 0 Å². The van der Waals surface area contributed by atoms with Gasteiger partial charge >= 0.3 is 0 Å². The monoisotopic (exact) mass is 507 g/mol. The smallest absolute Gasteiger partial charge is 0.0622 e. The van der Waals surface area contributed by atoms with Crippen LogP contribution < -0.4 is 0 Å². The van der Waals surface area contributed by atoms with Gasteiger partial charge < -0.3 is 0 Å². The average Bonchev–Trinajstić information content (AvgIpc) is 3.03. The molecule has 0 radical (unpaired) electrons. The molecule has 8 aromatic rings. The highest BCUT2D eigenvalue weighted by atomic mass is 14.2. The molecule has 186 valence electrons. The van der Waals surface area contributed by atoms with Crippen molar-refractivity contribution >= 4 is 43.1 Å². The molecule has 0 bridgehead atoms. The van der Waals surface area contributed by atoms with Gasteiger partial charge in [0.05, 0.1) is 1.37 Å². The topological polar surface area (TPSA) is 0 Å². The molecule has 0 saturated heterocycles. The second kappa shape index (κ2) is 9.22. The van der Waals surface area contributed by atoms with Crippen molar-refractivity contribution in [3.05, 3.63) is 158 Å². The third-order valence-electron chi connectivity index (χ3n) is 8.16. The van der Waals surface area contributed by atoms with Crippen LogP contribution in [0.3, 0.4) is 0 Å². The van der Waals surface area contributed by atoms with Crippen LogP contribution in [0.25, 0.3) is 76.5 Å². The minimum absolute atomic E-state index is 0.542. The maximum absolute atomic E-state index is 8.74. The summed E-state index contributed by atoms with van der Waals surface area (Å²) < 4.78 is 8.74. The van der Waals surface area contributed by atoms with Gasteiger partial charge in [0.1, 0.15) is 0 Å². The zero-order valence-electron chi connectivity index (χ0n) is 22.9. The molecule has 0 aliphatic rings. The Morgan fingerprint density at radius 3 is 1.57 bits per heavy atom. The second-order valence-corrected chi connectivity index (χ2v) is 10.4. The summed E-state index contributed by atoms with van der Waals surface area (Å²) in [6.45, 7) is 0. The van der Waals surface area contributed by atoms with Gasteiger partial charge in [0, 0.05) is 0 Å². The van der Waals surface area contributed by atoms with Crippen molar-refractivity contribution in [1.82, 2.24) is 0 Å². The lowest BCUT2D eigenvalue weighted by Crippen LogP contribution is -1.92.